The summed E-state index contributed by atoms with van der Waals surface area (Å²) in [4.78, 5) is 24.0. The smallest absolute Gasteiger partial charge is 0.416 e. The highest BCUT2D eigenvalue weighted by atomic mass is 32.2. The quantitative estimate of drug-likeness (QED) is 0.624. The first kappa shape index (κ1) is 13.8. The van der Waals surface area contributed by atoms with Crippen LogP contribution in [0.25, 0.3) is 0 Å². The average molecular weight is 300 g/mol. The number of cyclic esters (lactones) is 1. The average Bonchev–Trinajstić information content (AvgIpc) is 3.02. The minimum atomic E-state index is -0.573. The van der Waals surface area contributed by atoms with Crippen molar-refractivity contribution in [2.24, 2.45) is 0 Å². The number of aromatic nitrogens is 2. The van der Waals surface area contributed by atoms with Crippen LogP contribution in [0.5, 0.6) is 0 Å². The molecule has 7 nitrogen and oxygen atoms in total. The predicted molar refractivity (Wildman–Crippen MR) is 72.4 cm³/mol. The molecule has 0 atom stereocenters. The fraction of sp³-hybridized carbons (Fsp3) is 0.400. The van der Waals surface area contributed by atoms with Crippen molar-refractivity contribution in [3.63, 3.8) is 0 Å². The summed E-state index contributed by atoms with van der Waals surface area (Å²) in [7, 11) is 0. The molecule has 1 N–H and O–H groups in total. The molecule has 1 aromatic rings. The Morgan fingerprint density at radius 1 is 1.63 bits per heavy atom. The van der Waals surface area contributed by atoms with Gasteiger partial charge in [0.05, 0.1) is 12.3 Å². The first-order valence-electron chi connectivity index (χ1n) is 5.49. The van der Waals surface area contributed by atoms with Crippen molar-refractivity contribution in [1.29, 1.82) is 0 Å². The standard InChI is InChI=1S/C10H12N4O3S2/c1-2-3-11-8-12-13-9(19-8)18-6-7(15)14-4-5-17-10(14)16/h2H,1,3-6H2,(H,11,12). The normalized spacial score (nSPS) is 14.3. The van der Waals surface area contributed by atoms with Gasteiger partial charge in [-0.05, 0) is 0 Å². The second-order valence-electron chi connectivity index (χ2n) is 3.49. The van der Waals surface area contributed by atoms with Crippen LogP contribution in [0.15, 0.2) is 17.0 Å². The zero-order chi connectivity index (χ0) is 13.7. The van der Waals surface area contributed by atoms with E-state index in [-0.39, 0.29) is 18.3 Å². The molecular formula is C10H12N4O3S2. The van der Waals surface area contributed by atoms with Crippen molar-refractivity contribution in [3.05, 3.63) is 12.7 Å². The summed E-state index contributed by atoms with van der Waals surface area (Å²) >= 11 is 2.60. The number of ether oxygens (including phenoxy) is 1. The third kappa shape index (κ3) is 3.67. The molecule has 1 aliphatic rings. The minimum Gasteiger partial charge on any atom is -0.447 e. The molecule has 0 saturated carbocycles. The summed E-state index contributed by atoms with van der Waals surface area (Å²) in [5.74, 6) is -0.131. The summed E-state index contributed by atoms with van der Waals surface area (Å²) in [5, 5.41) is 11.5. The van der Waals surface area contributed by atoms with E-state index in [4.69, 9.17) is 4.74 Å². The molecule has 19 heavy (non-hydrogen) atoms. The Labute approximate surface area is 118 Å². The molecule has 0 radical (unpaired) electrons. The molecule has 1 aromatic heterocycles. The Hall–Kier alpha value is -1.61. The van der Waals surface area contributed by atoms with E-state index in [1.807, 2.05) is 0 Å². The highest BCUT2D eigenvalue weighted by Gasteiger charge is 2.28. The maximum Gasteiger partial charge on any atom is 0.416 e. The lowest BCUT2D eigenvalue weighted by molar-refractivity contribution is -0.124. The van der Waals surface area contributed by atoms with E-state index in [0.717, 1.165) is 4.90 Å². The monoisotopic (exact) mass is 300 g/mol. The second kappa shape index (κ2) is 6.53. The predicted octanol–water partition coefficient (Wildman–Crippen LogP) is 1.21. The van der Waals surface area contributed by atoms with Gasteiger partial charge in [-0.25, -0.2) is 9.69 Å². The van der Waals surface area contributed by atoms with E-state index in [1.54, 1.807) is 6.08 Å². The first-order valence-corrected chi connectivity index (χ1v) is 7.29. The molecule has 1 saturated heterocycles. The lowest BCUT2D eigenvalue weighted by Crippen LogP contribution is -2.32. The number of hydrogen-bond donors (Lipinski definition) is 1. The molecule has 0 aliphatic carbocycles. The van der Waals surface area contributed by atoms with Gasteiger partial charge in [-0.3, -0.25) is 4.79 Å². The summed E-state index contributed by atoms with van der Waals surface area (Å²) in [6, 6.07) is 0. The van der Waals surface area contributed by atoms with Crippen LogP contribution in [0, 0.1) is 0 Å². The fourth-order valence-electron chi connectivity index (χ4n) is 1.32. The van der Waals surface area contributed by atoms with Gasteiger partial charge in [0.1, 0.15) is 6.61 Å². The van der Waals surface area contributed by atoms with Gasteiger partial charge in [0.15, 0.2) is 4.34 Å². The molecule has 2 heterocycles. The van der Waals surface area contributed by atoms with E-state index < -0.39 is 6.09 Å². The Kier molecular flexibility index (Phi) is 4.74. The molecule has 1 aliphatic heterocycles. The molecule has 0 spiro atoms. The van der Waals surface area contributed by atoms with Gasteiger partial charge in [-0.2, -0.15) is 0 Å². The fourth-order valence-corrected chi connectivity index (χ4v) is 2.96. The lowest BCUT2D eigenvalue weighted by atomic mass is 10.5. The number of rotatable bonds is 6. The van der Waals surface area contributed by atoms with E-state index in [1.165, 1.54) is 23.1 Å². The number of carbonyl (C=O) groups is 2. The lowest BCUT2D eigenvalue weighted by Gasteiger charge is -2.08. The van der Waals surface area contributed by atoms with E-state index in [2.05, 4.69) is 22.1 Å². The van der Waals surface area contributed by atoms with Crippen molar-refractivity contribution < 1.29 is 14.3 Å². The van der Waals surface area contributed by atoms with Crippen LogP contribution in [0.4, 0.5) is 9.93 Å². The number of thioether (sulfide) groups is 1. The van der Waals surface area contributed by atoms with Crippen LogP contribution >= 0.6 is 23.1 Å². The zero-order valence-corrected chi connectivity index (χ0v) is 11.6. The minimum absolute atomic E-state index is 0.144. The van der Waals surface area contributed by atoms with Gasteiger partial charge in [-0.15, -0.1) is 16.8 Å². The Bertz CT molecular complexity index is 491. The number of anilines is 1. The summed E-state index contributed by atoms with van der Waals surface area (Å²) in [5.41, 5.74) is 0. The maximum absolute atomic E-state index is 11.7. The Morgan fingerprint density at radius 2 is 2.47 bits per heavy atom. The maximum atomic E-state index is 11.7. The third-order valence-corrected chi connectivity index (χ3v) is 4.18. The van der Waals surface area contributed by atoms with Gasteiger partial charge in [0.2, 0.25) is 11.0 Å². The molecule has 1 fully saturated rings. The van der Waals surface area contributed by atoms with Crippen LogP contribution in [0.3, 0.4) is 0 Å². The van der Waals surface area contributed by atoms with Gasteiger partial charge in [0.25, 0.3) is 0 Å². The second-order valence-corrected chi connectivity index (χ2v) is 5.69. The van der Waals surface area contributed by atoms with Crippen molar-refractivity contribution in [3.8, 4) is 0 Å². The molecule has 0 aromatic carbocycles. The largest absolute Gasteiger partial charge is 0.447 e. The van der Waals surface area contributed by atoms with Crippen LogP contribution < -0.4 is 5.32 Å². The molecule has 102 valence electrons. The van der Waals surface area contributed by atoms with Crippen LogP contribution in [-0.2, 0) is 9.53 Å². The first-order chi connectivity index (χ1) is 9.20. The van der Waals surface area contributed by atoms with Crippen molar-refractivity contribution >= 4 is 40.2 Å². The number of amides is 2. The third-order valence-electron chi connectivity index (χ3n) is 2.19. The molecule has 9 heteroatoms. The highest BCUT2D eigenvalue weighted by molar-refractivity contribution is 8.01. The SMILES string of the molecule is C=CCNc1nnc(SCC(=O)N2CCOC2=O)s1. The highest BCUT2D eigenvalue weighted by Crippen LogP contribution is 2.25. The molecule has 0 unspecified atom stereocenters. The van der Waals surface area contributed by atoms with Crippen molar-refractivity contribution in [2.75, 3.05) is 30.8 Å². The molecular weight excluding hydrogens is 288 g/mol. The van der Waals surface area contributed by atoms with Crippen molar-refractivity contribution in [2.45, 2.75) is 4.34 Å². The van der Waals surface area contributed by atoms with Gasteiger partial charge >= 0.3 is 6.09 Å². The Morgan fingerprint density at radius 3 is 3.16 bits per heavy atom. The summed E-state index contributed by atoms with van der Waals surface area (Å²) < 4.78 is 5.37. The summed E-state index contributed by atoms with van der Waals surface area (Å²) in [6.45, 7) is 4.78. The van der Waals surface area contributed by atoms with Gasteiger partial charge < -0.3 is 10.1 Å². The topological polar surface area (TPSA) is 84.4 Å². The van der Waals surface area contributed by atoms with E-state index >= 15 is 0 Å². The van der Waals surface area contributed by atoms with Gasteiger partial charge in [0, 0.05) is 6.54 Å². The number of carbonyl (C=O) groups excluding carboxylic acids is 2. The number of nitrogens with zero attached hydrogens (tertiary/aromatic N) is 3. The van der Waals surface area contributed by atoms with Crippen LogP contribution in [-0.4, -0.2) is 52.5 Å². The van der Waals surface area contributed by atoms with Crippen LogP contribution in [0.2, 0.25) is 0 Å². The number of hydrogen-bond acceptors (Lipinski definition) is 8. The zero-order valence-electron chi connectivity index (χ0n) is 10.00. The Balaban J connectivity index is 1.81. The molecule has 2 rings (SSSR count). The van der Waals surface area contributed by atoms with Gasteiger partial charge in [-0.1, -0.05) is 29.2 Å². The van der Waals surface area contributed by atoms with Crippen molar-refractivity contribution in [1.82, 2.24) is 15.1 Å². The number of nitrogens with one attached hydrogen (secondary N) is 1. The molecule has 2 amide bonds. The van der Waals surface area contributed by atoms with E-state index in [9.17, 15) is 9.59 Å². The van der Waals surface area contributed by atoms with E-state index in [0.29, 0.717) is 22.6 Å². The summed E-state index contributed by atoms with van der Waals surface area (Å²) in [6.07, 6.45) is 1.15. The molecule has 0 bridgehead atoms. The number of imide groups is 1. The van der Waals surface area contributed by atoms with Crippen LogP contribution in [0.1, 0.15) is 0 Å².